The van der Waals surface area contributed by atoms with Gasteiger partial charge in [0.05, 0.1) is 11.8 Å². The molecule has 21 heavy (non-hydrogen) atoms. The van der Waals surface area contributed by atoms with Crippen molar-refractivity contribution in [3.8, 4) is 0 Å². The highest BCUT2D eigenvalue weighted by molar-refractivity contribution is 5.99. The van der Waals surface area contributed by atoms with Gasteiger partial charge in [0.15, 0.2) is 0 Å². The number of urea groups is 1. The van der Waals surface area contributed by atoms with Gasteiger partial charge in [-0.1, -0.05) is 6.92 Å². The lowest BCUT2D eigenvalue weighted by Crippen LogP contribution is -2.35. The highest BCUT2D eigenvalue weighted by Crippen LogP contribution is 2.22. The van der Waals surface area contributed by atoms with Crippen LogP contribution in [0, 0.1) is 12.8 Å². The van der Waals surface area contributed by atoms with Crippen LogP contribution in [0.5, 0.6) is 0 Å². The Hall–Kier alpha value is -2.02. The average Bonchev–Trinajstić information content (AvgIpc) is 3.02. The minimum absolute atomic E-state index is 0.0155. The smallest absolute Gasteiger partial charge is 0.354 e. The molecule has 0 spiro atoms. The van der Waals surface area contributed by atoms with E-state index in [0.717, 1.165) is 19.4 Å². The number of aryl methyl sites for hydroxylation is 1. The number of carbonyl (C=O) groups excluding carboxylic acids is 1. The molecule has 1 aromatic rings. The maximum absolute atomic E-state index is 11.9. The molecule has 1 fully saturated rings. The molecule has 0 saturated carbocycles. The van der Waals surface area contributed by atoms with Crippen LogP contribution in [0.25, 0.3) is 0 Å². The van der Waals surface area contributed by atoms with Crippen molar-refractivity contribution in [2.24, 2.45) is 5.92 Å². The number of carboxylic acid groups (broad SMARTS) is 1. The van der Waals surface area contributed by atoms with Gasteiger partial charge in [0.25, 0.3) is 0 Å². The normalized spacial score (nSPS) is 21.2. The van der Waals surface area contributed by atoms with Gasteiger partial charge in [-0.25, -0.2) is 9.59 Å². The molecule has 2 amide bonds. The molecule has 7 heteroatoms. The average molecular weight is 295 g/mol. The predicted octanol–water partition coefficient (Wildman–Crippen LogP) is 1.96. The molecular weight excluding hydrogens is 274 g/mol. The van der Waals surface area contributed by atoms with E-state index in [0.29, 0.717) is 18.2 Å². The molecule has 2 unspecified atom stereocenters. The monoisotopic (exact) mass is 295 g/mol. The second kappa shape index (κ2) is 6.62. The van der Waals surface area contributed by atoms with Gasteiger partial charge in [-0.15, -0.1) is 0 Å². The number of anilines is 1. The summed E-state index contributed by atoms with van der Waals surface area (Å²) in [5.41, 5.74) is 0.934. The summed E-state index contributed by atoms with van der Waals surface area (Å²) in [5, 5.41) is 14.4. The van der Waals surface area contributed by atoms with E-state index < -0.39 is 12.0 Å². The largest absolute Gasteiger partial charge is 0.477 e. The minimum Gasteiger partial charge on any atom is -0.477 e. The van der Waals surface area contributed by atoms with E-state index in [9.17, 15) is 9.59 Å². The van der Waals surface area contributed by atoms with Crippen LogP contribution < -0.4 is 10.6 Å². The summed E-state index contributed by atoms with van der Waals surface area (Å²) in [4.78, 5) is 25.6. The Morgan fingerprint density at radius 1 is 1.52 bits per heavy atom. The Balaban J connectivity index is 1.89. The summed E-state index contributed by atoms with van der Waals surface area (Å²) < 4.78 is 5.56. The lowest BCUT2D eigenvalue weighted by molar-refractivity contribution is 0.0692. The SMILES string of the molecule is CCC1OCCC1CNC(=O)Nc1cc(C)[nH]c1C(=O)O. The molecule has 1 aliphatic rings. The molecule has 0 aliphatic carbocycles. The molecule has 0 bridgehead atoms. The highest BCUT2D eigenvalue weighted by atomic mass is 16.5. The van der Waals surface area contributed by atoms with Crippen LogP contribution in [0.3, 0.4) is 0 Å². The number of aromatic nitrogens is 1. The molecule has 0 aromatic carbocycles. The number of hydrogen-bond acceptors (Lipinski definition) is 3. The quantitative estimate of drug-likeness (QED) is 0.666. The van der Waals surface area contributed by atoms with Crippen molar-refractivity contribution >= 4 is 17.7 Å². The van der Waals surface area contributed by atoms with Gasteiger partial charge in [-0.2, -0.15) is 0 Å². The van der Waals surface area contributed by atoms with Crippen molar-refractivity contribution in [1.29, 1.82) is 0 Å². The Labute approximate surface area is 123 Å². The Bertz CT molecular complexity index is 526. The van der Waals surface area contributed by atoms with Gasteiger partial charge in [-0.05, 0) is 25.8 Å². The van der Waals surface area contributed by atoms with Gasteiger partial charge >= 0.3 is 12.0 Å². The fraction of sp³-hybridized carbons (Fsp3) is 0.571. The van der Waals surface area contributed by atoms with Gasteiger partial charge in [0, 0.05) is 24.8 Å². The van der Waals surface area contributed by atoms with E-state index in [1.165, 1.54) is 0 Å². The molecule has 7 nitrogen and oxygen atoms in total. The van der Waals surface area contributed by atoms with Gasteiger partial charge in [-0.3, -0.25) is 0 Å². The molecule has 116 valence electrons. The number of aromatic carboxylic acids is 1. The van der Waals surface area contributed by atoms with Crippen LogP contribution in [-0.2, 0) is 4.74 Å². The van der Waals surface area contributed by atoms with Crippen LogP contribution >= 0.6 is 0 Å². The lowest BCUT2D eigenvalue weighted by atomic mass is 10.00. The third-order valence-corrected chi connectivity index (χ3v) is 3.69. The third kappa shape index (κ3) is 3.75. The maximum atomic E-state index is 11.9. The van der Waals surface area contributed by atoms with Crippen molar-refractivity contribution in [3.05, 3.63) is 17.5 Å². The number of ether oxygens (including phenoxy) is 1. The standard InChI is InChI=1S/C14H21N3O4/c1-3-11-9(4-5-21-11)7-15-14(20)17-10-6-8(2)16-12(10)13(18)19/h6,9,11,16H,3-5,7H2,1-2H3,(H,18,19)(H2,15,17,20). The van der Waals surface area contributed by atoms with E-state index in [1.54, 1.807) is 13.0 Å². The second-order valence-corrected chi connectivity index (χ2v) is 5.25. The molecule has 2 heterocycles. The number of hydrogen-bond donors (Lipinski definition) is 4. The Morgan fingerprint density at radius 3 is 2.95 bits per heavy atom. The van der Waals surface area contributed by atoms with E-state index in [1.807, 2.05) is 0 Å². The molecule has 1 aliphatic heterocycles. The zero-order chi connectivity index (χ0) is 15.4. The van der Waals surface area contributed by atoms with Crippen molar-refractivity contribution < 1.29 is 19.4 Å². The third-order valence-electron chi connectivity index (χ3n) is 3.69. The maximum Gasteiger partial charge on any atom is 0.354 e. The Kier molecular flexibility index (Phi) is 4.85. The number of H-pyrrole nitrogens is 1. The summed E-state index contributed by atoms with van der Waals surface area (Å²) in [6, 6.07) is 1.19. The van der Waals surface area contributed by atoms with Gasteiger partial charge in [0.1, 0.15) is 5.69 Å². The van der Waals surface area contributed by atoms with Gasteiger partial charge < -0.3 is 25.5 Å². The molecule has 0 radical (unpaired) electrons. The van der Waals surface area contributed by atoms with Crippen LogP contribution in [0.4, 0.5) is 10.5 Å². The molecule has 1 aromatic heterocycles. The molecule has 1 saturated heterocycles. The van der Waals surface area contributed by atoms with Crippen LogP contribution in [0.1, 0.15) is 35.9 Å². The zero-order valence-corrected chi connectivity index (χ0v) is 12.2. The predicted molar refractivity (Wildman–Crippen MR) is 77.6 cm³/mol. The summed E-state index contributed by atoms with van der Waals surface area (Å²) in [7, 11) is 0. The fourth-order valence-corrected chi connectivity index (χ4v) is 2.62. The van der Waals surface area contributed by atoms with Gasteiger partial charge in [0.2, 0.25) is 0 Å². The number of carbonyl (C=O) groups is 2. The van der Waals surface area contributed by atoms with Crippen LogP contribution in [0.15, 0.2) is 6.07 Å². The van der Waals surface area contributed by atoms with E-state index in [-0.39, 0.29) is 17.5 Å². The van der Waals surface area contributed by atoms with Crippen LogP contribution in [0.2, 0.25) is 0 Å². The molecule has 2 atom stereocenters. The zero-order valence-electron chi connectivity index (χ0n) is 12.2. The number of aromatic amines is 1. The number of amides is 2. The topological polar surface area (TPSA) is 103 Å². The van der Waals surface area contributed by atoms with E-state index in [2.05, 4.69) is 22.5 Å². The van der Waals surface area contributed by atoms with Crippen molar-refractivity contribution in [2.75, 3.05) is 18.5 Å². The minimum atomic E-state index is -1.10. The first-order valence-corrected chi connectivity index (χ1v) is 7.10. The first-order valence-electron chi connectivity index (χ1n) is 7.10. The number of carboxylic acids is 1. The highest BCUT2D eigenvalue weighted by Gasteiger charge is 2.27. The Morgan fingerprint density at radius 2 is 2.29 bits per heavy atom. The molecule has 4 N–H and O–H groups in total. The molecular formula is C14H21N3O4. The van der Waals surface area contributed by atoms with Crippen molar-refractivity contribution in [1.82, 2.24) is 10.3 Å². The first kappa shape index (κ1) is 15.4. The summed E-state index contributed by atoms with van der Waals surface area (Å²) in [6.45, 7) is 5.05. The van der Waals surface area contributed by atoms with Crippen LogP contribution in [-0.4, -0.2) is 41.3 Å². The summed E-state index contributed by atoms with van der Waals surface area (Å²) in [5.74, 6) is -0.790. The number of rotatable bonds is 5. The molecule has 2 rings (SSSR count). The number of nitrogens with one attached hydrogen (secondary N) is 3. The summed E-state index contributed by atoms with van der Waals surface area (Å²) >= 11 is 0. The first-order chi connectivity index (χ1) is 10.0. The summed E-state index contributed by atoms with van der Waals surface area (Å²) in [6.07, 6.45) is 2.05. The second-order valence-electron chi connectivity index (χ2n) is 5.25. The van der Waals surface area contributed by atoms with E-state index >= 15 is 0 Å². The van der Waals surface area contributed by atoms with Crippen molar-refractivity contribution in [2.45, 2.75) is 32.8 Å². The van der Waals surface area contributed by atoms with E-state index in [4.69, 9.17) is 9.84 Å². The fourth-order valence-electron chi connectivity index (χ4n) is 2.62. The lowest BCUT2D eigenvalue weighted by Gasteiger charge is -2.17. The van der Waals surface area contributed by atoms with Crippen molar-refractivity contribution in [3.63, 3.8) is 0 Å².